The second-order valence-corrected chi connectivity index (χ2v) is 7.27. The third kappa shape index (κ3) is 2.54. The van der Waals surface area contributed by atoms with E-state index in [0.717, 1.165) is 52.4 Å². The van der Waals surface area contributed by atoms with Gasteiger partial charge in [-0.3, -0.25) is 4.98 Å². The fourth-order valence-electron chi connectivity index (χ4n) is 4.04. The largest absolute Gasteiger partial charge is 0.397 e. The number of benzene rings is 1. The molecule has 2 heterocycles. The van der Waals surface area contributed by atoms with Crippen molar-refractivity contribution in [2.45, 2.75) is 45.3 Å². The molecule has 3 N–H and O–H groups in total. The summed E-state index contributed by atoms with van der Waals surface area (Å²) in [7, 11) is 0. The first-order valence-electron chi connectivity index (χ1n) is 8.93. The van der Waals surface area contributed by atoms with Crippen molar-refractivity contribution in [3.8, 4) is 17.2 Å². The number of aliphatic hydroxyl groups excluding tert-OH is 1. The zero-order valence-corrected chi connectivity index (χ0v) is 15.0. The van der Waals surface area contributed by atoms with E-state index in [0.29, 0.717) is 11.3 Å². The van der Waals surface area contributed by atoms with Crippen molar-refractivity contribution < 1.29 is 5.11 Å². The van der Waals surface area contributed by atoms with Crippen molar-refractivity contribution in [3.63, 3.8) is 0 Å². The van der Waals surface area contributed by atoms with Gasteiger partial charge in [0.1, 0.15) is 0 Å². The monoisotopic (exact) mass is 346 g/mol. The highest BCUT2D eigenvalue weighted by molar-refractivity contribution is 5.98. The Morgan fingerprint density at radius 1 is 1.23 bits per heavy atom. The summed E-state index contributed by atoms with van der Waals surface area (Å²) in [6, 6.07) is 6.60. The van der Waals surface area contributed by atoms with E-state index >= 15 is 0 Å². The molecule has 1 saturated carbocycles. The van der Waals surface area contributed by atoms with Crippen LogP contribution in [0.4, 0.5) is 5.69 Å². The maximum atomic E-state index is 9.99. The van der Waals surface area contributed by atoms with E-state index in [4.69, 9.17) is 5.73 Å². The van der Waals surface area contributed by atoms with Crippen LogP contribution in [0.5, 0.6) is 0 Å². The molecule has 0 amide bonds. The molecular formula is C21H22N4O. The summed E-state index contributed by atoms with van der Waals surface area (Å²) in [5, 5.41) is 20.5. The molecule has 5 heteroatoms. The van der Waals surface area contributed by atoms with E-state index in [1.807, 2.05) is 26.1 Å². The van der Waals surface area contributed by atoms with Crippen molar-refractivity contribution in [3.05, 3.63) is 47.4 Å². The van der Waals surface area contributed by atoms with Gasteiger partial charge in [-0.15, -0.1) is 0 Å². The molecule has 0 spiro atoms. The molecule has 0 unspecified atom stereocenters. The highest BCUT2D eigenvalue weighted by Gasteiger charge is 2.26. The molecule has 1 aliphatic carbocycles. The third-order valence-corrected chi connectivity index (χ3v) is 5.61. The van der Waals surface area contributed by atoms with E-state index in [9.17, 15) is 10.4 Å². The minimum Gasteiger partial charge on any atom is -0.397 e. The molecule has 26 heavy (non-hydrogen) atoms. The van der Waals surface area contributed by atoms with Gasteiger partial charge >= 0.3 is 0 Å². The third-order valence-electron chi connectivity index (χ3n) is 5.61. The topological polar surface area (TPSA) is 87.9 Å². The lowest BCUT2D eigenvalue weighted by Crippen LogP contribution is -2.06. The number of hydrogen-bond donors (Lipinski definition) is 2. The second kappa shape index (κ2) is 6.15. The van der Waals surface area contributed by atoms with Crippen molar-refractivity contribution in [1.82, 2.24) is 9.55 Å². The molecule has 0 aliphatic heterocycles. The van der Waals surface area contributed by atoms with Crippen LogP contribution in [0.25, 0.3) is 22.0 Å². The molecule has 1 aromatic carbocycles. The Bertz CT molecular complexity index is 1040. The summed E-state index contributed by atoms with van der Waals surface area (Å²) in [5.41, 5.74) is 12.5. The van der Waals surface area contributed by atoms with Crippen molar-refractivity contribution in [2.75, 3.05) is 5.73 Å². The number of nitrogens with two attached hydrogens (primary N) is 1. The first-order chi connectivity index (χ1) is 12.5. The quantitative estimate of drug-likeness (QED) is 0.737. The molecule has 1 fully saturated rings. The SMILES string of the molecule is Cc1cc2c(cc1C#N)c(-c1cncc(N)c1C)cn2[C@H]1CC[C@H](O)C1. The lowest BCUT2D eigenvalue weighted by atomic mass is 9.99. The molecule has 132 valence electrons. The minimum atomic E-state index is -0.240. The van der Waals surface area contributed by atoms with Crippen LogP contribution in [0, 0.1) is 25.2 Å². The summed E-state index contributed by atoms with van der Waals surface area (Å²) in [4.78, 5) is 4.27. The molecular weight excluding hydrogens is 324 g/mol. The average molecular weight is 346 g/mol. The van der Waals surface area contributed by atoms with Crippen LogP contribution in [-0.4, -0.2) is 20.8 Å². The molecule has 0 saturated heterocycles. The number of pyridine rings is 1. The summed E-state index contributed by atoms with van der Waals surface area (Å²) < 4.78 is 2.26. The second-order valence-electron chi connectivity index (χ2n) is 7.27. The fraction of sp³-hybridized carbons (Fsp3) is 0.333. The number of anilines is 1. The van der Waals surface area contributed by atoms with Crippen LogP contribution in [0.2, 0.25) is 0 Å². The smallest absolute Gasteiger partial charge is 0.0994 e. The number of fused-ring (bicyclic) bond motifs is 1. The molecule has 4 rings (SSSR count). The van der Waals surface area contributed by atoms with Crippen LogP contribution in [0.3, 0.4) is 0 Å². The van der Waals surface area contributed by atoms with Gasteiger partial charge < -0.3 is 15.4 Å². The summed E-state index contributed by atoms with van der Waals surface area (Å²) >= 11 is 0. The molecule has 0 radical (unpaired) electrons. The summed E-state index contributed by atoms with van der Waals surface area (Å²) in [5.74, 6) is 0. The Balaban J connectivity index is 2.01. The van der Waals surface area contributed by atoms with Crippen molar-refractivity contribution >= 4 is 16.6 Å². The highest BCUT2D eigenvalue weighted by atomic mass is 16.3. The van der Waals surface area contributed by atoms with E-state index < -0.39 is 0 Å². The van der Waals surface area contributed by atoms with Crippen LogP contribution < -0.4 is 5.73 Å². The first-order valence-corrected chi connectivity index (χ1v) is 8.93. The number of nitriles is 1. The minimum absolute atomic E-state index is 0.240. The summed E-state index contributed by atoms with van der Waals surface area (Å²) in [6.45, 7) is 3.96. The number of aryl methyl sites for hydroxylation is 1. The molecule has 2 aromatic heterocycles. The number of aliphatic hydroxyl groups is 1. The Hall–Kier alpha value is -2.84. The van der Waals surface area contributed by atoms with Gasteiger partial charge in [0.2, 0.25) is 0 Å². The van der Waals surface area contributed by atoms with E-state index in [2.05, 4.69) is 27.9 Å². The van der Waals surface area contributed by atoms with Gasteiger partial charge in [-0.25, -0.2) is 0 Å². The lowest BCUT2D eigenvalue weighted by Gasteiger charge is -2.14. The Morgan fingerprint density at radius 2 is 2.04 bits per heavy atom. The maximum absolute atomic E-state index is 9.99. The molecule has 2 atom stereocenters. The standard InChI is InChI=1S/C21H22N4O/c1-12-5-21-17(6-14(12)8-22)19(18-9-24-10-20(23)13(18)2)11-25(21)15-3-4-16(26)7-15/h5-6,9-11,15-16,26H,3-4,7,23H2,1-2H3/t15-,16-/m0/s1. The zero-order chi connectivity index (χ0) is 18.4. The van der Waals surface area contributed by atoms with Gasteiger partial charge in [0.15, 0.2) is 0 Å². The van der Waals surface area contributed by atoms with Gasteiger partial charge in [0, 0.05) is 40.5 Å². The fourth-order valence-corrected chi connectivity index (χ4v) is 4.04. The van der Waals surface area contributed by atoms with Crippen LogP contribution in [0.15, 0.2) is 30.7 Å². The van der Waals surface area contributed by atoms with Gasteiger partial charge in [-0.1, -0.05) is 0 Å². The molecule has 1 aliphatic rings. The lowest BCUT2D eigenvalue weighted by molar-refractivity contribution is 0.178. The van der Waals surface area contributed by atoms with Crippen LogP contribution >= 0.6 is 0 Å². The van der Waals surface area contributed by atoms with E-state index in [-0.39, 0.29) is 12.1 Å². The Morgan fingerprint density at radius 3 is 2.73 bits per heavy atom. The first kappa shape index (κ1) is 16.6. The van der Waals surface area contributed by atoms with Crippen molar-refractivity contribution in [2.24, 2.45) is 0 Å². The van der Waals surface area contributed by atoms with E-state index in [1.54, 1.807) is 6.20 Å². The number of nitrogen functional groups attached to an aromatic ring is 1. The van der Waals surface area contributed by atoms with Gasteiger partial charge in [-0.05, 0) is 56.4 Å². The number of rotatable bonds is 2. The van der Waals surface area contributed by atoms with Gasteiger partial charge in [-0.2, -0.15) is 5.26 Å². The number of nitrogens with zero attached hydrogens (tertiary/aromatic N) is 3. The predicted molar refractivity (Wildman–Crippen MR) is 103 cm³/mol. The predicted octanol–water partition coefficient (Wildman–Crippen LogP) is 3.86. The van der Waals surface area contributed by atoms with Gasteiger partial charge in [0.25, 0.3) is 0 Å². The average Bonchev–Trinajstić information content (AvgIpc) is 3.20. The van der Waals surface area contributed by atoms with Crippen LogP contribution in [-0.2, 0) is 0 Å². The highest BCUT2D eigenvalue weighted by Crippen LogP contribution is 2.40. The Labute approximate surface area is 152 Å². The molecule has 0 bridgehead atoms. The van der Waals surface area contributed by atoms with Crippen molar-refractivity contribution in [1.29, 1.82) is 5.26 Å². The number of aromatic nitrogens is 2. The Kier molecular flexibility index (Phi) is 3.93. The molecule has 3 aromatic rings. The van der Waals surface area contributed by atoms with E-state index in [1.165, 1.54) is 0 Å². The summed E-state index contributed by atoms with van der Waals surface area (Å²) in [6.07, 6.45) is 7.94. The van der Waals surface area contributed by atoms with Crippen LogP contribution in [0.1, 0.15) is 42.0 Å². The maximum Gasteiger partial charge on any atom is 0.0994 e. The van der Waals surface area contributed by atoms with Gasteiger partial charge in [0.05, 0.1) is 29.6 Å². The zero-order valence-electron chi connectivity index (χ0n) is 15.0. The molecule has 5 nitrogen and oxygen atoms in total. The normalized spacial score (nSPS) is 19.8. The number of hydrogen-bond acceptors (Lipinski definition) is 4.